The summed E-state index contributed by atoms with van der Waals surface area (Å²) < 4.78 is 29.6. The van der Waals surface area contributed by atoms with E-state index in [2.05, 4.69) is 0 Å². The first-order chi connectivity index (χ1) is 11.4. The molecular weight excluding hydrogens is 323 g/mol. The van der Waals surface area contributed by atoms with Crippen molar-refractivity contribution in [1.82, 2.24) is 0 Å². The molecule has 3 rings (SSSR count). The van der Waals surface area contributed by atoms with E-state index < -0.39 is 43.0 Å². The van der Waals surface area contributed by atoms with Crippen LogP contribution < -0.4 is 10.4 Å². The van der Waals surface area contributed by atoms with Crippen LogP contribution in [-0.4, -0.2) is 52.7 Å². The normalized spacial score (nSPS) is 30.5. The Hall–Kier alpha value is -2.00. The van der Waals surface area contributed by atoms with E-state index in [-0.39, 0.29) is 11.3 Å². The second-order valence-corrected chi connectivity index (χ2v) is 5.68. The van der Waals surface area contributed by atoms with Crippen molar-refractivity contribution in [2.24, 2.45) is 0 Å². The smallest absolute Gasteiger partial charge is 0.336 e. The lowest BCUT2D eigenvalue weighted by molar-refractivity contribution is -0.265. The van der Waals surface area contributed by atoms with Gasteiger partial charge in [0.2, 0.25) is 6.29 Å². The molecule has 0 radical (unpaired) electrons. The summed E-state index contributed by atoms with van der Waals surface area (Å²) in [6.07, 6.45) is -8.05. The Morgan fingerprint density at radius 2 is 2.00 bits per heavy atom. The van der Waals surface area contributed by atoms with Gasteiger partial charge in [0.05, 0.1) is 6.61 Å². The van der Waals surface area contributed by atoms with Gasteiger partial charge in [-0.25, -0.2) is 9.18 Å². The molecule has 1 fully saturated rings. The van der Waals surface area contributed by atoms with E-state index in [1.165, 1.54) is 12.1 Å². The zero-order valence-corrected chi connectivity index (χ0v) is 12.8. The van der Waals surface area contributed by atoms with Gasteiger partial charge in [0.1, 0.15) is 29.6 Å². The Morgan fingerprint density at radius 3 is 2.71 bits per heavy atom. The van der Waals surface area contributed by atoms with Crippen molar-refractivity contribution < 1.29 is 33.6 Å². The van der Waals surface area contributed by atoms with Crippen LogP contribution in [0.4, 0.5) is 4.39 Å². The monoisotopic (exact) mass is 340 g/mol. The van der Waals surface area contributed by atoms with E-state index in [0.29, 0.717) is 5.39 Å². The molecule has 130 valence electrons. The molecule has 2 aromatic rings. The van der Waals surface area contributed by atoms with Gasteiger partial charge in [-0.05, 0) is 24.6 Å². The van der Waals surface area contributed by atoms with Gasteiger partial charge in [-0.3, -0.25) is 0 Å². The first-order valence-corrected chi connectivity index (χ1v) is 7.38. The van der Waals surface area contributed by atoms with Crippen molar-refractivity contribution in [2.45, 2.75) is 37.7 Å². The van der Waals surface area contributed by atoms with Gasteiger partial charge in [-0.15, -0.1) is 0 Å². The fourth-order valence-electron chi connectivity index (χ4n) is 2.65. The van der Waals surface area contributed by atoms with Crippen LogP contribution in [-0.2, 0) is 4.74 Å². The lowest BCUT2D eigenvalue weighted by Gasteiger charge is -2.38. The van der Waals surface area contributed by atoms with Crippen molar-refractivity contribution in [1.29, 1.82) is 0 Å². The van der Waals surface area contributed by atoms with Crippen molar-refractivity contribution in [2.75, 3.05) is 6.61 Å². The number of hydrogen-bond acceptors (Lipinski definition) is 7. The van der Waals surface area contributed by atoms with Crippen LogP contribution in [0.2, 0.25) is 0 Å². The average Bonchev–Trinajstić information content (AvgIpc) is 2.55. The van der Waals surface area contributed by atoms with Crippen molar-refractivity contribution >= 4 is 11.0 Å². The first-order valence-electron chi connectivity index (χ1n) is 7.38. The van der Waals surface area contributed by atoms with Crippen LogP contribution in [0.3, 0.4) is 0 Å². The highest BCUT2D eigenvalue weighted by Crippen LogP contribution is 2.28. The predicted octanol–water partition coefficient (Wildman–Crippen LogP) is 0.257. The van der Waals surface area contributed by atoms with Crippen LogP contribution >= 0.6 is 0 Å². The third-order valence-corrected chi connectivity index (χ3v) is 3.98. The SMILES string of the molecule is Cc1cc(=O)oc2cc(OC3O[C@H](CO)[C@H](O)[C@H](F)[C@H]3O)ccc12. The maximum atomic E-state index is 13.9. The average molecular weight is 340 g/mol. The van der Waals surface area contributed by atoms with Crippen LogP contribution in [0, 0.1) is 6.92 Å². The number of halogens is 1. The summed E-state index contributed by atoms with van der Waals surface area (Å²) in [5.41, 5.74) is 0.491. The molecule has 8 heteroatoms. The highest BCUT2D eigenvalue weighted by atomic mass is 19.1. The molecule has 3 N–H and O–H groups in total. The highest BCUT2D eigenvalue weighted by Gasteiger charge is 2.46. The van der Waals surface area contributed by atoms with Crippen LogP contribution in [0.15, 0.2) is 33.5 Å². The summed E-state index contributed by atoms with van der Waals surface area (Å²) >= 11 is 0. The quantitative estimate of drug-likeness (QED) is 0.688. The Morgan fingerprint density at radius 1 is 1.25 bits per heavy atom. The van der Waals surface area contributed by atoms with E-state index >= 15 is 0 Å². The maximum absolute atomic E-state index is 13.9. The molecule has 1 aliphatic heterocycles. The van der Waals surface area contributed by atoms with Crippen LogP contribution in [0.1, 0.15) is 5.56 Å². The lowest BCUT2D eigenvalue weighted by Crippen LogP contribution is -2.58. The Kier molecular flexibility index (Phi) is 4.55. The second-order valence-electron chi connectivity index (χ2n) is 5.68. The number of rotatable bonds is 3. The highest BCUT2D eigenvalue weighted by molar-refractivity contribution is 5.81. The number of ether oxygens (including phenoxy) is 2. The maximum Gasteiger partial charge on any atom is 0.336 e. The third kappa shape index (κ3) is 3.01. The summed E-state index contributed by atoms with van der Waals surface area (Å²) in [5, 5.41) is 29.2. The molecule has 1 aromatic carbocycles. The first kappa shape index (κ1) is 16.8. The molecule has 0 amide bonds. The van der Waals surface area contributed by atoms with Crippen molar-refractivity contribution in [3.63, 3.8) is 0 Å². The number of aryl methyl sites for hydroxylation is 1. The number of alkyl halides is 1. The minimum absolute atomic E-state index is 0.181. The zero-order chi connectivity index (χ0) is 17.4. The summed E-state index contributed by atoms with van der Waals surface area (Å²) in [6.45, 7) is 1.13. The van der Waals surface area contributed by atoms with Gasteiger partial charge in [0.15, 0.2) is 6.17 Å². The molecular formula is C16H17FO7. The number of hydrogen-bond donors (Lipinski definition) is 3. The standard InChI is InChI=1S/C16H17FO7/c1-7-4-12(19)23-10-5-8(2-3-9(7)10)22-16-15(21)13(17)14(20)11(6-18)24-16/h2-5,11,13-16,18,20-21H,6H2,1H3/t11-,13+,14+,15-,16?/m1/s1. The Balaban J connectivity index is 1.87. The minimum Gasteiger partial charge on any atom is -0.462 e. The minimum atomic E-state index is -2.03. The molecule has 2 heterocycles. The topological polar surface area (TPSA) is 109 Å². The Labute approximate surface area is 135 Å². The number of aliphatic hydroxyl groups is 3. The van der Waals surface area contributed by atoms with Gasteiger partial charge in [-0.1, -0.05) is 0 Å². The van der Waals surface area contributed by atoms with Gasteiger partial charge in [0, 0.05) is 17.5 Å². The fourth-order valence-corrected chi connectivity index (χ4v) is 2.65. The van der Waals surface area contributed by atoms with E-state index in [4.69, 9.17) is 19.0 Å². The van der Waals surface area contributed by atoms with Crippen molar-refractivity contribution in [3.8, 4) is 5.75 Å². The predicted molar refractivity (Wildman–Crippen MR) is 80.5 cm³/mol. The third-order valence-electron chi connectivity index (χ3n) is 3.98. The van der Waals surface area contributed by atoms with Crippen LogP contribution in [0.5, 0.6) is 5.75 Å². The number of fused-ring (bicyclic) bond motifs is 1. The van der Waals surface area contributed by atoms with Gasteiger partial charge in [-0.2, -0.15) is 0 Å². The number of benzene rings is 1. The van der Waals surface area contributed by atoms with E-state index in [0.717, 1.165) is 5.56 Å². The largest absolute Gasteiger partial charge is 0.462 e. The van der Waals surface area contributed by atoms with Gasteiger partial charge in [0.25, 0.3) is 0 Å². The second kappa shape index (κ2) is 6.48. The van der Waals surface area contributed by atoms with Gasteiger partial charge < -0.3 is 29.2 Å². The molecule has 24 heavy (non-hydrogen) atoms. The molecule has 7 nitrogen and oxygen atoms in total. The zero-order valence-electron chi connectivity index (χ0n) is 12.8. The van der Waals surface area contributed by atoms with Gasteiger partial charge >= 0.3 is 5.63 Å². The van der Waals surface area contributed by atoms with Crippen molar-refractivity contribution in [3.05, 3.63) is 40.2 Å². The molecule has 0 saturated carbocycles. The molecule has 5 atom stereocenters. The molecule has 0 spiro atoms. The summed E-state index contributed by atoms with van der Waals surface area (Å²) in [7, 11) is 0. The molecule has 1 aliphatic rings. The molecule has 1 unspecified atom stereocenters. The molecule has 1 saturated heterocycles. The summed E-state index contributed by atoms with van der Waals surface area (Å²) in [6, 6.07) is 5.99. The molecule has 0 aliphatic carbocycles. The lowest BCUT2D eigenvalue weighted by atomic mass is 10.0. The van der Waals surface area contributed by atoms with Crippen LogP contribution in [0.25, 0.3) is 11.0 Å². The van der Waals surface area contributed by atoms with E-state index in [9.17, 15) is 19.4 Å². The van der Waals surface area contributed by atoms with E-state index in [1.54, 1.807) is 19.1 Å². The molecule has 1 aromatic heterocycles. The Bertz CT molecular complexity index is 788. The fraction of sp³-hybridized carbons (Fsp3) is 0.438. The molecule has 0 bridgehead atoms. The summed E-state index contributed by atoms with van der Waals surface area (Å²) in [5.74, 6) is 0.181. The van der Waals surface area contributed by atoms with E-state index in [1.807, 2.05) is 0 Å². The number of aliphatic hydroxyl groups excluding tert-OH is 3. The summed E-state index contributed by atoms with van der Waals surface area (Å²) in [4.78, 5) is 11.4.